The molecule has 0 unspecified atom stereocenters. The summed E-state index contributed by atoms with van der Waals surface area (Å²) in [5.41, 5.74) is 7.58. The predicted molar refractivity (Wildman–Crippen MR) is 179 cm³/mol. The van der Waals surface area contributed by atoms with Crippen molar-refractivity contribution in [3.63, 3.8) is 0 Å². The van der Waals surface area contributed by atoms with E-state index in [1.807, 2.05) is 54.7 Å². The minimum atomic E-state index is -0.423. The lowest BCUT2D eigenvalue weighted by Gasteiger charge is -2.36. The van der Waals surface area contributed by atoms with Gasteiger partial charge in [-0.05, 0) is 76.2 Å². The Morgan fingerprint density at radius 2 is 1.66 bits per heavy atom. The van der Waals surface area contributed by atoms with Crippen molar-refractivity contribution in [1.82, 2.24) is 9.88 Å². The number of benzene rings is 4. The molecule has 1 fully saturated rings. The van der Waals surface area contributed by atoms with Crippen LogP contribution < -0.4 is 9.64 Å². The van der Waals surface area contributed by atoms with Crippen LogP contribution >= 0.6 is 11.6 Å². The smallest absolute Gasteiger partial charge is 0.341 e. The van der Waals surface area contributed by atoms with Crippen LogP contribution in [0.1, 0.15) is 42.3 Å². The first-order chi connectivity index (χ1) is 21.2. The maximum Gasteiger partial charge on any atom is 0.341 e. The van der Waals surface area contributed by atoms with Crippen molar-refractivity contribution in [3.05, 3.63) is 113 Å². The lowest BCUT2D eigenvalue weighted by molar-refractivity contribution is 0.0598. The van der Waals surface area contributed by atoms with E-state index < -0.39 is 5.97 Å². The van der Waals surface area contributed by atoms with Gasteiger partial charge in [0.05, 0.1) is 7.11 Å². The SMILES string of the molecule is COC(=O)c1ccc(N2CCN(Cc3ccc(C(C)(C)C)cc3-c3ccc(Cl)cc3)CC2)cc1Oc1ccc2[nH]ccc2c1. The van der Waals surface area contributed by atoms with Gasteiger partial charge in [-0.25, -0.2) is 4.79 Å². The van der Waals surface area contributed by atoms with Gasteiger partial charge in [0.15, 0.2) is 0 Å². The van der Waals surface area contributed by atoms with Crippen LogP contribution in [0.15, 0.2) is 91.1 Å². The van der Waals surface area contributed by atoms with Gasteiger partial charge in [0, 0.05) is 66.6 Å². The summed E-state index contributed by atoms with van der Waals surface area (Å²) >= 11 is 6.22. The number of nitrogens with one attached hydrogen (secondary N) is 1. The van der Waals surface area contributed by atoms with E-state index in [0.717, 1.165) is 54.3 Å². The first kappa shape index (κ1) is 29.8. The Labute approximate surface area is 264 Å². The van der Waals surface area contributed by atoms with Gasteiger partial charge in [-0.15, -0.1) is 0 Å². The first-order valence-corrected chi connectivity index (χ1v) is 15.4. The number of aromatic amines is 1. The van der Waals surface area contributed by atoms with Gasteiger partial charge < -0.3 is 19.4 Å². The topological polar surface area (TPSA) is 57.8 Å². The van der Waals surface area contributed by atoms with E-state index in [4.69, 9.17) is 21.1 Å². The molecule has 1 aliphatic heterocycles. The molecule has 226 valence electrons. The summed E-state index contributed by atoms with van der Waals surface area (Å²) in [4.78, 5) is 20.6. The van der Waals surface area contributed by atoms with Crippen LogP contribution in [0.5, 0.6) is 11.5 Å². The molecule has 7 heteroatoms. The molecule has 1 aromatic heterocycles. The van der Waals surface area contributed by atoms with Crippen molar-refractivity contribution in [3.8, 4) is 22.6 Å². The predicted octanol–water partition coefficient (Wildman–Crippen LogP) is 8.69. The molecule has 1 N–H and O–H groups in total. The minimum Gasteiger partial charge on any atom is -0.465 e. The molecule has 0 radical (unpaired) electrons. The lowest BCUT2D eigenvalue weighted by Crippen LogP contribution is -2.46. The summed E-state index contributed by atoms with van der Waals surface area (Å²) in [7, 11) is 1.39. The van der Waals surface area contributed by atoms with E-state index in [9.17, 15) is 4.79 Å². The molecule has 0 amide bonds. The van der Waals surface area contributed by atoms with Gasteiger partial charge in [0.1, 0.15) is 17.1 Å². The zero-order valence-electron chi connectivity index (χ0n) is 25.7. The summed E-state index contributed by atoms with van der Waals surface area (Å²) < 4.78 is 11.3. The fourth-order valence-electron chi connectivity index (χ4n) is 5.78. The molecular formula is C37H38ClN3O3. The number of hydrogen-bond acceptors (Lipinski definition) is 5. The number of piperazine rings is 1. The number of rotatable bonds is 7. The Morgan fingerprint density at radius 1 is 0.886 bits per heavy atom. The fourth-order valence-corrected chi connectivity index (χ4v) is 5.90. The number of H-pyrrole nitrogens is 1. The van der Waals surface area contributed by atoms with Crippen LogP contribution in [0.25, 0.3) is 22.0 Å². The molecule has 6 nitrogen and oxygen atoms in total. The van der Waals surface area contributed by atoms with Crippen LogP contribution in [-0.2, 0) is 16.7 Å². The second-order valence-corrected chi connectivity index (χ2v) is 12.8. The minimum absolute atomic E-state index is 0.0616. The van der Waals surface area contributed by atoms with Gasteiger partial charge in [-0.2, -0.15) is 0 Å². The summed E-state index contributed by atoms with van der Waals surface area (Å²) in [6, 6.07) is 28.6. The molecular weight excluding hydrogens is 570 g/mol. The molecule has 5 aromatic rings. The maximum atomic E-state index is 12.6. The number of halogens is 1. The van der Waals surface area contributed by atoms with Crippen molar-refractivity contribution < 1.29 is 14.3 Å². The van der Waals surface area contributed by atoms with Crippen molar-refractivity contribution in [2.45, 2.75) is 32.7 Å². The number of carbonyl (C=O) groups excluding carboxylic acids is 1. The number of ether oxygens (including phenoxy) is 2. The van der Waals surface area contributed by atoms with Gasteiger partial charge in [0.2, 0.25) is 0 Å². The van der Waals surface area contributed by atoms with Crippen LogP contribution in [0.3, 0.4) is 0 Å². The highest BCUT2D eigenvalue weighted by atomic mass is 35.5. The molecule has 4 aromatic carbocycles. The van der Waals surface area contributed by atoms with Gasteiger partial charge in [-0.3, -0.25) is 4.90 Å². The number of carbonyl (C=O) groups is 1. The number of fused-ring (bicyclic) bond motifs is 1. The molecule has 0 saturated carbocycles. The zero-order valence-corrected chi connectivity index (χ0v) is 26.4. The van der Waals surface area contributed by atoms with E-state index in [-0.39, 0.29) is 5.41 Å². The van der Waals surface area contributed by atoms with Crippen molar-refractivity contribution in [2.24, 2.45) is 0 Å². The second-order valence-electron chi connectivity index (χ2n) is 12.4. The van der Waals surface area contributed by atoms with E-state index in [0.29, 0.717) is 17.1 Å². The molecule has 2 heterocycles. The zero-order chi connectivity index (χ0) is 30.8. The standard InChI is InChI=1S/C37H38ClN3O3/c1-37(2,3)28-8-5-27(33(22-28)25-6-9-29(38)10-7-25)24-40-17-19-41(20-18-40)30-11-13-32(36(42)43-4)35(23-30)44-31-12-14-34-26(21-31)15-16-39-34/h5-16,21-23,39H,17-20,24H2,1-4H3. The van der Waals surface area contributed by atoms with Crippen LogP contribution in [0, 0.1) is 0 Å². The number of esters is 1. The highest BCUT2D eigenvalue weighted by Gasteiger charge is 2.23. The summed E-state index contributed by atoms with van der Waals surface area (Å²) in [6.45, 7) is 11.2. The Bertz CT molecular complexity index is 1780. The van der Waals surface area contributed by atoms with Crippen LogP contribution in [0.4, 0.5) is 5.69 Å². The highest BCUT2D eigenvalue weighted by molar-refractivity contribution is 6.30. The molecule has 1 aliphatic rings. The average molecular weight is 608 g/mol. The molecule has 0 atom stereocenters. The monoisotopic (exact) mass is 607 g/mol. The lowest BCUT2D eigenvalue weighted by atomic mass is 9.84. The van der Waals surface area contributed by atoms with Crippen molar-refractivity contribution >= 4 is 34.2 Å². The van der Waals surface area contributed by atoms with Gasteiger partial charge in [-0.1, -0.05) is 62.7 Å². The van der Waals surface area contributed by atoms with E-state index in [1.54, 1.807) is 6.07 Å². The normalized spacial score (nSPS) is 14.2. The molecule has 0 bridgehead atoms. The molecule has 1 saturated heterocycles. The van der Waals surface area contributed by atoms with Crippen LogP contribution in [0.2, 0.25) is 5.02 Å². The number of aromatic nitrogens is 1. The van der Waals surface area contributed by atoms with E-state index in [2.05, 4.69) is 65.9 Å². The van der Waals surface area contributed by atoms with Gasteiger partial charge in [0.25, 0.3) is 0 Å². The first-order valence-electron chi connectivity index (χ1n) is 15.0. The number of methoxy groups -OCH3 is 1. The fraction of sp³-hybridized carbons (Fsp3) is 0.270. The third kappa shape index (κ3) is 6.47. The summed E-state index contributed by atoms with van der Waals surface area (Å²) in [5, 5.41) is 1.79. The van der Waals surface area contributed by atoms with Crippen LogP contribution in [-0.4, -0.2) is 49.1 Å². The quantitative estimate of drug-likeness (QED) is 0.188. The van der Waals surface area contributed by atoms with Crippen molar-refractivity contribution in [2.75, 3.05) is 38.2 Å². The number of hydrogen-bond donors (Lipinski definition) is 1. The van der Waals surface area contributed by atoms with Gasteiger partial charge >= 0.3 is 5.97 Å². The molecule has 0 aliphatic carbocycles. The summed E-state index contributed by atoms with van der Waals surface area (Å²) in [5.74, 6) is 0.726. The largest absolute Gasteiger partial charge is 0.465 e. The highest BCUT2D eigenvalue weighted by Crippen LogP contribution is 2.34. The van der Waals surface area contributed by atoms with Crippen molar-refractivity contribution in [1.29, 1.82) is 0 Å². The Morgan fingerprint density at radius 3 is 2.39 bits per heavy atom. The molecule has 6 rings (SSSR count). The number of nitrogens with zero attached hydrogens (tertiary/aromatic N) is 2. The van der Waals surface area contributed by atoms with E-state index >= 15 is 0 Å². The Hall–Kier alpha value is -4.26. The molecule has 0 spiro atoms. The average Bonchev–Trinajstić information content (AvgIpc) is 3.49. The molecule has 44 heavy (non-hydrogen) atoms. The Kier molecular flexibility index (Phi) is 8.39. The maximum absolute atomic E-state index is 12.6. The third-order valence-electron chi connectivity index (χ3n) is 8.39. The number of anilines is 1. The third-order valence-corrected chi connectivity index (χ3v) is 8.64. The van der Waals surface area contributed by atoms with E-state index in [1.165, 1.54) is 29.4 Å². The second kappa shape index (κ2) is 12.4. The Balaban J connectivity index is 1.19. The summed E-state index contributed by atoms with van der Waals surface area (Å²) in [6.07, 6.45) is 1.90.